The first kappa shape index (κ1) is 19.2. The Kier molecular flexibility index (Phi) is 5.49. The maximum Gasteiger partial charge on any atom is 0.352 e. The predicted octanol–water partition coefficient (Wildman–Crippen LogP) is 2.50. The lowest BCUT2D eigenvalue weighted by Crippen LogP contribution is -2.44. The second-order valence-corrected chi connectivity index (χ2v) is 6.30. The number of carbonyl (C=O) groups is 1. The summed E-state index contributed by atoms with van der Waals surface area (Å²) >= 11 is 0. The van der Waals surface area contributed by atoms with Crippen LogP contribution in [0.5, 0.6) is 0 Å². The van der Waals surface area contributed by atoms with Gasteiger partial charge in [-0.15, -0.1) is 0 Å². The Morgan fingerprint density at radius 1 is 1.14 bits per heavy atom. The van der Waals surface area contributed by atoms with Gasteiger partial charge in [-0.3, -0.25) is 14.2 Å². The van der Waals surface area contributed by atoms with Gasteiger partial charge < -0.3 is 5.32 Å². The molecule has 28 heavy (non-hydrogen) atoms. The Hall–Kier alpha value is -3.55. The van der Waals surface area contributed by atoms with Gasteiger partial charge in [0.15, 0.2) is 0 Å². The van der Waals surface area contributed by atoms with Gasteiger partial charge in [0.2, 0.25) is 5.69 Å². The topological polar surface area (TPSA) is 86.0 Å². The molecule has 0 aliphatic carbocycles. The predicted molar refractivity (Wildman–Crippen MR) is 103 cm³/mol. The second kappa shape index (κ2) is 7.99. The first-order valence-corrected chi connectivity index (χ1v) is 8.79. The number of hydrogen-bond acceptors (Lipinski definition) is 4. The standard InChI is InChI=1S/C20H19FN4O3/c1-3-10-24-19(27)17(18(26)22-15-8-5-7-14(21)12-15)23-25(20(24)28)16-9-4-6-13(2)11-16/h4-9,11-12H,3,10H2,1-2H3,(H,22,26). The fourth-order valence-corrected chi connectivity index (χ4v) is 2.76. The molecule has 0 atom stereocenters. The summed E-state index contributed by atoms with van der Waals surface area (Å²) in [4.78, 5) is 38.1. The zero-order valence-electron chi connectivity index (χ0n) is 15.5. The minimum absolute atomic E-state index is 0.145. The third kappa shape index (κ3) is 3.90. The van der Waals surface area contributed by atoms with Gasteiger partial charge in [-0.25, -0.2) is 9.18 Å². The molecular formula is C20H19FN4O3. The molecule has 3 rings (SSSR count). The summed E-state index contributed by atoms with van der Waals surface area (Å²) in [5.41, 5.74) is -0.343. The highest BCUT2D eigenvalue weighted by Gasteiger charge is 2.20. The molecule has 0 bridgehead atoms. The number of aryl methyl sites for hydroxylation is 1. The Morgan fingerprint density at radius 3 is 2.57 bits per heavy atom. The van der Waals surface area contributed by atoms with Crippen molar-refractivity contribution in [2.24, 2.45) is 0 Å². The molecular weight excluding hydrogens is 363 g/mol. The summed E-state index contributed by atoms with van der Waals surface area (Å²) in [6.07, 6.45) is 0.526. The van der Waals surface area contributed by atoms with Crippen LogP contribution in [0.25, 0.3) is 5.69 Å². The fourth-order valence-electron chi connectivity index (χ4n) is 2.76. The smallest absolute Gasteiger partial charge is 0.320 e. The van der Waals surface area contributed by atoms with E-state index in [1.165, 1.54) is 18.2 Å². The average Bonchev–Trinajstić information content (AvgIpc) is 2.65. The Balaban J connectivity index is 2.13. The van der Waals surface area contributed by atoms with Crippen LogP contribution < -0.4 is 16.6 Å². The normalized spacial score (nSPS) is 10.7. The molecule has 144 valence electrons. The molecule has 0 unspecified atom stereocenters. The van der Waals surface area contributed by atoms with E-state index in [4.69, 9.17) is 0 Å². The van der Waals surface area contributed by atoms with Crippen LogP contribution in [0.3, 0.4) is 0 Å². The molecule has 0 aliphatic heterocycles. The van der Waals surface area contributed by atoms with Crippen molar-refractivity contribution < 1.29 is 9.18 Å². The number of nitrogens with zero attached hydrogens (tertiary/aromatic N) is 3. The highest BCUT2D eigenvalue weighted by atomic mass is 19.1. The average molecular weight is 382 g/mol. The molecule has 0 saturated heterocycles. The molecule has 0 fully saturated rings. The van der Waals surface area contributed by atoms with Gasteiger partial charge in [-0.2, -0.15) is 9.78 Å². The van der Waals surface area contributed by atoms with Crippen LogP contribution in [-0.4, -0.2) is 20.3 Å². The van der Waals surface area contributed by atoms with E-state index in [1.807, 2.05) is 19.9 Å². The Morgan fingerprint density at radius 2 is 1.89 bits per heavy atom. The van der Waals surface area contributed by atoms with Gasteiger partial charge in [0, 0.05) is 12.2 Å². The van der Waals surface area contributed by atoms with Crippen molar-refractivity contribution in [1.82, 2.24) is 14.3 Å². The molecule has 8 heteroatoms. The Bertz CT molecular complexity index is 1150. The van der Waals surface area contributed by atoms with Gasteiger partial charge in [-0.05, 0) is 49.2 Å². The lowest BCUT2D eigenvalue weighted by molar-refractivity contribution is 0.101. The van der Waals surface area contributed by atoms with Crippen molar-refractivity contribution >= 4 is 11.6 Å². The number of halogens is 1. The van der Waals surface area contributed by atoms with Crippen LogP contribution in [0.4, 0.5) is 10.1 Å². The number of benzene rings is 2. The number of hydrogen-bond donors (Lipinski definition) is 1. The minimum atomic E-state index is -0.818. The molecule has 0 saturated carbocycles. The van der Waals surface area contributed by atoms with E-state index >= 15 is 0 Å². The van der Waals surface area contributed by atoms with Crippen molar-refractivity contribution in [1.29, 1.82) is 0 Å². The molecule has 0 radical (unpaired) electrons. The third-order valence-corrected chi connectivity index (χ3v) is 4.05. The first-order valence-electron chi connectivity index (χ1n) is 8.79. The van der Waals surface area contributed by atoms with Gasteiger partial charge in [0.1, 0.15) is 5.82 Å². The van der Waals surface area contributed by atoms with Crippen LogP contribution in [0.2, 0.25) is 0 Å². The number of anilines is 1. The van der Waals surface area contributed by atoms with E-state index in [1.54, 1.807) is 18.2 Å². The lowest BCUT2D eigenvalue weighted by Gasteiger charge is -2.12. The van der Waals surface area contributed by atoms with Crippen molar-refractivity contribution in [2.75, 3.05) is 5.32 Å². The van der Waals surface area contributed by atoms with E-state index in [-0.39, 0.29) is 12.2 Å². The first-order chi connectivity index (χ1) is 13.4. The molecule has 7 nitrogen and oxygen atoms in total. The minimum Gasteiger partial charge on any atom is -0.320 e. The van der Waals surface area contributed by atoms with E-state index in [0.29, 0.717) is 12.1 Å². The zero-order valence-corrected chi connectivity index (χ0v) is 15.5. The molecule has 1 heterocycles. The molecule has 1 aromatic heterocycles. The summed E-state index contributed by atoms with van der Waals surface area (Å²) in [6.45, 7) is 3.82. The van der Waals surface area contributed by atoms with E-state index < -0.39 is 28.7 Å². The van der Waals surface area contributed by atoms with Crippen LogP contribution in [0.15, 0.2) is 58.1 Å². The SMILES string of the molecule is CCCn1c(=O)c(C(=O)Nc2cccc(F)c2)nn(-c2cccc(C)c2)c1=O. The number of nitrogens with one attached hydrogen (secondary N) is 1. The summed E-state index contributed by atoms with van der Waals surface area (Å²) in [6, 6.07) is 12.3. The second-order valence-electron chi connectivity index (χ2n) is 6.30. The Labute approximate surface area is 160 Å². The molecule has 0 spiro atoms. The zero-order chi connectivity index (χ0) is 20.3. The van der Waals surface area contributed by atoms with Crippen molar-refractivity contribution in [3.8, 4) is 5.69 Å². The maximum atomic E-state index is 13.4. The molecule has 3 aromatic rings. The van der Waals surface area contributed by atoms with Crippen LogP contribution >= 0.6 is 0 Å². The molecule has 1 amide bonds. The summed E-state index contributed by atoms with van der Waals surface area (Å²) in [7, 11) is 0. The number of rotatable bonds is 5. The van der Waals surface area contributed by atoms with E-state index in [9.17, 15) is 18.8 Å². The quantitative estimate of drug-likeness (QED) is 0.735. The molecule has 0 aliphatic rings. The monoisotopic (exact) mass is 382 g/mol. The lowest BCUT2D eigenvalue weighted by atomic mass is 10.2. The summed E-state index contributed by atoms with van der Waals surface area (Å²) < 4.78 is 15.4. The van der Waals surface area contributed by atoms with Gasteiger partial charge in [0.25, 0.3) is 11.5 Å². The fraction of sp³-hybridized carbons (Fsp3) is 0.200. The highest BCUT2D eigenvalue weighted by molar-refractivity contribution is 6.02. The summed E-state index contributed by atoms with van der Waals surface area (Å²) in [5.74, 6) is -1.35. The third-order valence-electron chi connectivity index (χ3n) is 4.05. The van der Waals surface area contributed by atoms with Crippen LogP contribution in [0, 0.1) is 12.7 Å². The van der Waals surface area contributed by atoms with Gasteiger partial charge in [0.05, 0.1) is 5.69 Å². The number of aromatic nitrogens is 3. The van der Waals surface area contributed by atoms with E-state index in [0.717, 1.165) is 20.9 Å². The number of carbonyl (C=O) groups excluding carboxylic acids is 1. The van der Waals surface area contributed by atoms with E-state index in [2.05, 4.69) is 10.4 Å². The summed E-state index contributed by atoms with van der Waals surface area (Å²) in [5, 5.41) is 6.46. The maximum absolute atomic E-state index is 13.4. The molecule has 1 N–H and O–H groups in total. The van der Waals surface area contributed by atoms with Crippen molar-refractivity contribution in [3.05, 3.63) is 86.4 Å². The van der Waals surface area contributed by atoms with Gasteiger partial charge in [-0.1, -0.05) is 25.1 Å². The largest absolute Gasteiger partial charge is 0.352 e. The van der Waals surface area contributed by atoms with Crippen LogP contribution in [-0.2, 0) is 6.54 Å². The van der Waals surface area contributed by atoms with Crippen LogP contribution in [0.1, 0.15) is 29.4 Å². The van der Waals surface area contributed by atoms with Crippen molar-refractivity contribution in [3.63, 3.8) is 0 Å². The number of amides is 1. The van der Waals surface area contributed by atoms with Crippen molar-refractivity contribution in [2.45, 2.75) is 26.8 Å². The highest BCUT2D eigenvalue weighted by Crippen LogP contribution is 2.10. The van der Waals surface area contributed by atoms with Gasteiger partial charge >= 0.3 is 5.69 Å². The molecule has 2 aromatic carbocycles.